The topological polar surface area (TPSA) is 93.8 Å². The highest BCUT2D eigenvalue weighted by Gasteiger charge is 2.15. The van der Waals surface area contributed by atoms with E-state index in [9.17, 15) is 9.59 Å². The van der Waals surface area contributed by atoms with Crippen LogP contribution in [0.2, 0.25) is 0 Å². The molecule has 0 radical (unpaired) electrons. The highest BCUT2D eigenvalue weighted by Crippen LogP contribution is 2.13. The van der Waals surface area contributed by atoms with Gasteiger partial charge in [-0.2, -0.15) is 10.2 Å². The third-order valence-electron chi connectivity index (χ3n) is 3.80. The summed E-state index contributed by atoms with van der Waals surface area (Å²) in [4.78, 5) is 24.5. The lowest BCUT2D eigenvalue weighted by Crippen LogP contribution is -2.16. The Kier molecular flexibility index (Phi) is 5.12. The highest BCUT2D eigenvalue weighted by molar-refractivity contribution is 6.03. The van der Waals surface area contributed by atoms with Crippen LogP contribution in [0.4, 0.5) is 11.5 Å². The zero-order valence-corrected chi connectivity index (χ0v) is 14.6. The summed E-state index contributed by atoms with van der Waals surface area (Å²) in [5.41, 5.74) is 1.72. The van der Waals surface area contributed by atoms with E-state index >= 15 is 0 Å². The first kappa shape index (κ1) is 17.4. The number of nitrogens with one attached hydrogen (secondary N) is 2. The highest BCUT2D eigenvalue weighted by atomic mass is 16.2. The Morgan fingerprint density at radius 3 is 2.62 bits per heavy atom. The van der Waals surface area contributed by atoms with Crippen LogP contribution in [0, 0.1) is 0 Å². The first-order valence-corrected chi connectivity index (χ1v) is 8.26. The molecule has 0 spiro atoms. The maximum atomic E-state index is 12.3. The predicted octanol–water partition coefficient (Wildman–Crippen LogP) is 2.07. The number of aromatic nitrogens is 4. The molecule has 8 heteroatoms. The number of hydrogen-bond donors (Lipinski definition) is 2. The molecule has 26 heavy (non-hydrogen) atoms. The molecule has 0 fully saturated rings. The van der Waals surface area contributed by atoms with Gasteiger partial charge in [-0.15, -0.1) is 0 Å². The van der Waals surface area contributed by atoms with Crippen LogP contribution >= 0.6 is 0 Å². The van der Waals surface area contributed by atoms with E-state index in [1.807, 2.05) is 37.3 Å². The summed E-state index contributed by atoms with van der Waals surface area (Å²) < 4.78 is 3.18. The molecule has 2 heterocycles. The van der Waals surface area contributed by atoms with Crippen molar-refractivity contribution in [2.45, 2.75) is 19.9 Å². The van der Waals surface area contributed by atoms with E-state index < -0.39 is 0 Å². The number of aryl methyl sites for hydroxylation is 2. The molecule has 0 bridgehead atoms. The first-order valence-electron chi connectivity index (χ1n) is 8.26. The minimum atomic E-state index is -0.361. The molecule has 0 aliphatic carbocycles. The quantitative estimate of drug-likeness (QED) is 0.710. The van der Waals surface area contributed by atoms with Gasteiger partial charge in [0.25, 0.3) is 5.91 Å². The standard InChI is InChI=1S/C18H20N6O2/c1-3-24-12-14(11-19-24)20-18(26)15-10-16(23(2)22-15)21-17(25)9-13-7-5-4-6-8-13/h4-8,10-12H,3,9H2,1-2H3,(H,20,26)(H,21,25). The lowest BCUT2D eigenvalue weighted by atomic mass is 10.1. The van der Waals surface area contributed by atoms with E-state index in [1.54, 1.807) is 30.2 Å². The van der Waals surface area contributed by atoms with Crippen LogP contribution in [-0.2, 0) is 24.8 Å². The van der Waals surface area contributed by atoms with Crippen LogP contribution in [0.15, 0.2) is 48.8 Å². The molecule has 0 aliphatic heterocycles. The van der Waals surface area contributed by atoms with Crippen molar-refractivity contribution in [3.05, 3.63) is 60.0 Å². The summed E-state index contributed by atoms with van der Waals surface area (Å²) in [5.74, 6) is -0.0736. The van der Waals surface area contributed by atoms with Gasteiger partial charge in [-0.3, -0.25) is 19.0 Å². The Labute approximate surface area is 150 Å². The van der Waals surface area contributed by atoms with Gasteiger partial charge >= 0.3 is 0 Å². The number of nitrogens with zero attached hydrogens (tertiary/aromatic N) is 4. The fourth-order valence-corrected chi connectivity index (χ4v) is 2.46. The molecule has 0 unspecified atom stereocenters. The van der Waals surface area contributed by atoms with E-state index in [-0.39, 0.29) is 23.9 Å². The zero-order chi connectivity index (χ0) is 18.5. The van der Waals surface area contributed by atoms with Gasteiger partial charge in [-0.05, 0) is 12.5 Å². The molecule has 0 atom stereocenters. The molecule has 0 aliphatic rings. The lowest BCUT2D eigenvalue weighted by Gasteiger charge is -2.04. The summed E-state index contributed by atoms with van der Waals surface area (Å²) in [6, 6.07) is 11.0. The molecule has 8 nitrogen and oxygen atoms in total. The molecule has 3 rings (SSSR count). The third-order valence-corrected chi connectivity index (χ3v) is 3.80. The molecule has 3 aromatic rings. The molecule has 1 aromatic carbocycles. The fourth-order valence-electron chi connectivity index (χ4n) is 2.46. The van der Waals surface area contributed by atoms with Gasteiger partial charge in [-0.25, -0.2) is 0 Å². The molecule has 0 saturated heterocycles. The van der Waals surface area contributed by atoms with Crippen molar-refractivity contribution < 1.29 is 9.59 Å². The Hall–Kier alpha value is -3.42. The summed E-state index contributed by atoms with van der Waals surface area (Å²) in [7, 11) is 1.67. The van der Waals surface area contributed by atoms with Gasteiger partial charge < -0.3 is 10.6 Å². The van der Waals surface area contributed by atoms with Crippen molar-refractivity contribution in [1.29, 1.82) is 0 Å². The average molecular weight is 352 g/mol. The van der Waals surface area contributed by atoms with Crippen molar-refractivity contribution >= 4 is 23.3 Å². The van der Waals surface area contributed by atoms with Crippen molar-refractivity contribution in [2.75, 3.05) is 10.6 Å². The number of carbonyl (C=O) groups is 2. The number of benzene rings is 1. The molecule has 2 aromatic heterocycles. The monoisotopic (exact) mass is 352 g/mol. The Balaban J connectivity index is 1.64. The maximum Gasteiger partial charge on any atom is 0.276 e. The van der Waals surface area contributed by atoms with Gasteiger partial charge in [0.05, 0.1) is 18.3 Å². The van der Waals surface area contributed by atoms with E-state index in [0.717, 1.165) is 12.1 Å². The number of anilines is 2. The normalized spacial score (nSPS) is 10.5. The second kappa shape index (κ2) is 7.64. The minimum Gasteiger partial charge on any atom is -0.318 e. The SMILES string of the molecule is CCn1cc(NC(=O)c2cc(NC(=O)Cc3ccccc3)n(C)n2)cn1. The first-order chi connectivity index (χ1) is 12.5. The maximum absolute atomic E-state index is 12.3. The number of hydrogen-bond acceptors (Lipinski definition) is 4. The summed E-state index contributed by atoms with van der Waals surface area (Å²) in [6.07, 6.45) is 3.57. The van der Waals surface area contributed by atoms with Crippen LogP contribution in [0.25, 0.3) is 0 Å². The molecule has 0 saturated carbocycles. The molecule has 134 valence electrons. The minimum absolute atomic E-state index is 0.171. The van der Waals surface area contributed by atoms with Crippen LogP contribution in [-0.4, -0.2) is 31.4 Å². The van der Waals surface area contributed by atoms with Gasteiger partial charge in [0, 0.05) is 25.9 Å². The summed E-state index contributed by atoms with van der Waals surface area (Å²) in [6.45, 7) is 2.68. The van der Waals surface area contributed by atoms with E-state index in [4.69, 9.17) is 0 Å². The Morgan fingerprint density at radius 2 is 1.92 bits per heavy atom. The van der Waals surface area contributed by atoms with Gasteiger partial charge in [0.2, 0.25) is 5.91 Å². The second-order valence-electron chi connectivity index (χ2n) is 5.79. The van der Waals surface area contributed by atoms with Crippen molar-refractivity contribution in [3.8, 4) is 0 Å². The summed E-state index contributed by atoms with van der Waals surface area (Å²) >= 11 is 0. The van der Waals surface area contributed by atoms with Crippen molar-refractivity contribution in [2.24, 2.45) is 7.05 Å². The smallest absolute Gasteiger partial charge is 0.276 e. The molecular weight excluding hydrogens is 332 g/mol. The Morgan fingerprint density at radius 1 is 1.15 bits per heavy atom. The van der Waals surface area contributed by atoms with Crippen LogP contribution < -0.4 is 10.6 Å². The third kappa shape index (κ3) is 4.15. The average Bonchev–Trinajstić information content (AvgIpc) is 3.22. The lowest BCUT2D eigenvalue weighted by molar-refractivity contribution is -0.115. The Bertz CT molecular complexity index is 913. The van der Waals surface area contributed by atoms with Gasteiger partial charge in [-0.1, -0.05) is 30.3 Å². The van der Waals surface area contributed by atoms with Crippen molar-refractivity contribution in [3.63, 3.8) is 0 Å². The van der Waals surface area contributed by atoms with Crippen LogP contribution in [0.1, 0.15) is 23.0 Å². The van der Waals surface area contributed by atoms with Crippen molar-refractivity contribution in [1.82, 2.24) is 19.6 Å². The number of rotatable bonds is 6. The number of carbonyl (C=O) groups excluding carboxylic acids is 2. The van der Waals surface area contributed by atoms with E-state index in [2.05, 4.69) is 20.8 Å². The predicted molar refractivity (Wildman–Crippen MR) is 97.8 cm³/mol. The fraction of sp³-hybridized carbons (Fsp3) is 0.222. The second-order valence-corrected chi connectivity index (χ2v) is 5.79. The largest absolute Gasteiger partial charge is 0.318 e. The number of amides is 2. The van der Waals surface area contributed by atoms with Gasteiger partial charge in [0.15, 0.2) is 5.69 Å². The van der Waals surface area contributed by atoms with E-state index in [1.165, 1.54) is 4.68 Å². The molecule has 2 amide bonds. The summed E-state index contributed by atoms with van der Waals surface area (Å²) in [5, 5.41) is 13.8. The van der Waals surface area contributed by atoms with Crippen LogP contribution in [0.5, 0.6) is 0 Å². The molecule has 2 N–H and O–H groups in total. The van der Waals surface area contributed by atoms with Crippen LogP contribution in [0.3, 0.4) is 0 Å². The van der Waals surface area contributed by atoms with E-state index in [0.29, 0.717) is 11.5 Å². The van der Waals surface area contributed by atoms with Gasteiger partial charge in [0.1, 0.15) is 5.82 Å². The zero-order valence-electron chi connectivity index (χ0n) is 14.6. The molecular formula is C18H20N6O2.